The Balaban J connectivity index is 1.17. The minimum absolute atomic E-state index is 0.284. The standard InChI is InChI=1S/C52H47N3/c1-34(2)45(32-52(3,4)5)36-24-22-35(23-25-36)33-53-46-28-26-37(54-48-18-10-6-14-39(48)40-15-7-11-19-49(40)54)30-43(46)44-31-38(27-29-47(44)53)55-50-20-12-8-16-41(50)42-17-9-13-21-51(42)55/h6-31,34,45H,32-33H2,1-5H3. The van der Waals surface area contributed by atoms with Crippen molar-refractivity contribution in [2.75, 3.05) is 0 Å². The number of benzene rings is 7. The Morgan fingerprint density at radius 1 is 0.436 bits per heavy atom. The molecule has 3 heterocycles. The maximum absolute atomic E-state index is 2.53. The molecule has 1 unspecified atom stereocenters. The highest BCUT2D eigenvalue weighted by Gasteiger charge is 2.23. The Morgan fingerprint density at radius 3 is 1.22 bits per heavy atom. The van der Waals surface area contributed by atoms with Crippen LogP contribution in [0.4, 0.5) is 0 Å². The van der Waals surface area contributed by atoms with Crippen molar-refractivity contribution in [1.82, 2.24) is 13.7 Å². The number of hydrogen-bond acceptors (Lipinski definition) is 0. The van der Waals surface area contributed by atoms with E-state index in [0.717, 1.165) is 6.54 Å². The summed E-state index contributed by atoms with van der Waals surface area (Å²) in [7, 11) is 0. The third-order valence-electron chi connectivity index (χ3n) is 11.9. The van der Waals surface area contributed by atoms with Crippen LogP contribution < -0.4 is 0 Å². The monoisotopic (exact) mass is 713 g/mol. The lowest BCUT2D eigenvalue weighted by Gasteiger charge is -2.29. The van der Waals surface area contributed by atoms with Crippen LogP contribution in [0.5, 0.6) is 0 Å². The first-order valence-electron chi connectivity index (χ1n) is 19.9. The van der Waals surface area contributed by atoms with E-state index in [4.69, 9.17) is 0 Å². The number of fused-ring (bicyclic) bond motifs is 9. The van der Waals surface area contributed by atoms with E-state index in [9.17, 15) is 0 Å². The summed E-state index contributed by atoms with van der Waals surface area (Å²) >= 11 is 0. The predicted molar refractivity (Wildman–Crippen MR) is 235 cm³/mol. The highest BCUT2D eigenvalue weighted by molar-refractivity contribution is 6.13. The van der Waals surface area contributed by atoms with Gasteiger partial charge in [0.2, 0.25) is 0 Å². The first kappa shape index (κ1) is 33.5. The van der Waals surface area contributed by atoms with Crippen molar-refractivity contribution in [2.24, 2.45) is 11.3 Å². The largest absolute Gasteiger partial charge is 0.336 e. The van der Waals surface area contributed by atoms with Crippen molar-refractivity contribution in [3.8, 4) is 11.4 Å². The van der Waals surface area contributed by atoms with E-state index in [0.29, 0.717) is 11.8 Å². The second-order valence-electron chi connectivity index (χ2n) is 17.1. The average molecular weight is 714 g/mol. The van der Waals surface area contributed by atoms with Gasteiger partial charge in [-0.25, -0.2) is 0 Å². The van der Waals surface area contributed by atoms with Gasteiger partial charge in [-0.3, -0.25) is 0 Å². The summed E-state index contributed by atoms with van der Waals surface area (Å²) in [6.07, 6.45) is 1.18. The fourth-order valence-electron chi connectivity index (χ4n) is 9.38. The smallest absolute Gasteiger partial charge is 0.0541 e. The molecule has 7 aromatic carbocycles. The predicted octanol–water partition coefficient (Wildman–Crippen LogP) is 14.2. The number of aromatic nitrogens is 3. The first-order valence-corrected chi connectivity index (χ1v) is 19.9. The molecule has 0 bridgehead atoms. The van der Waals surface area contributed by atoms with Gasteiger partial charge in [0, 0.05) is 61.3 Å². The lowest BCUT2D eigenvalue weighted by Crippen LogP contribution is -2.16. The van der Waals surface area contributed by atoms with Gasteiger partial charge in [-0.15, -0.1) is 0 Å². The Labute approximate surface area is 323 Å². The van der Waals surface area contributed by atoms with E-state index >= 15 is 0 Å². The van der Waals surface area contributed by atoms with E-state index < -0.39 is 0 Å². The third-order valence-corrected chi connectivity index (χ3v) is 11.9. The van der Waals surface area contributed by atoms with Crippen LogP contribution >= 0.6 is 0 Å². The van der Waals surface area contributed by atoms with Crippen molar-refractivity contribution in [1.29, 1.82) is 0 Å². The van der Waals surface area contributed by atoms with E-state index in [1.54, 1.807) is 0 Å². The summed E-state index contributed by atoms with van der Waals surface area (Å²) in [6.45, 7) is 12.6. The number of para-hydroxylation sites is 4. The highest BCUT2D eigenvalue weighted by atomic mass is 15.0. The van der Waals surface area contributed by atoms with Crippen LogP contribution in [0.3, 0.4) is 0 Å². The minimum atomic E-state index is 0.284. The Kier molecular flexibility index (Phi) is 7.78. The molecule has 3 aromatic heterocycles. The van der Waals surface area contributed by atoms with E-state index in [2.05, 4.69) is 206 Å². The maximum atomic E-state index is 2.53. The second kappa shape index (κ2) is 12.8. The van der Waals surface area contributed by atoms with Crippen molar-refractivity contribution in [3.63, 3.8) is 0 Å². The number of nitrogens with zero attached hydrogens (tertiary/aromatic N) is 3. The molecule has 0 saturated carbocycles. The third kappa shape index (κ3) is 5.56. The SMILES string of the molecule is CC(C)C(CC(C)(C)C)c1ccc(Cn2c3ccc(-n4c5ccccc5c5ccccc54)cc3c3cc(-n4c5ccccc5c5ccccc54)ccc32)cc1. The summed E-state index contributed by atoms with van der Waals surface area (Å²) in [5.74, 6) is 1.13. The van der Waals surface area contributed by atoms with Crippen LogP contribution in [0.15, 0.2) is 158 Å². The second-order valence-corrected chi connectivity index (χ2v) is 17.1. The van der Waals surface area contributed by atoms with Gasteiger partial charge in [-0.05, 0) is 95.5 Å². The topological polar surface area (TPSA) is 14.8 Å². The normalized spacial score (nSPS) is 13.1. The van der Waals surface area contributed by atoms with E-state index in [1.165, 1.54) is 94.3 Å². The van der Waals surface area contributed by atoms with Crippen molar-refractivity contribution < 1.29 is 0 Å². The number of rotatable bonds is 7. The summed E-state index contributed by atoms with van der Waals surface area (Å²) < 4.78 is 7.40. The van der Waals surface area contributed by atoms with Gasteiger partial charge >= 0.3 is 0 Å². The molecule has 0 fully saturated rings. The fraction of sp³-hybridized carbons (Fsp3) is 0.192. The van der Waals surface area contributed by atoms with Crippen molar-refractivity contribution >= 4 is 65.4 Å². The molecule has 0 aliphatic carbocycles. The molecular formula is C52H47N3. The Bertz CT molecular complexity index is 2770. The average Bonchev–Trinajstić information content (AvgIpc) is 3.82. The van der Waals surface area contributed by atoms with Crippen molar-refractivity contribution in [2.45, 2.75) is 53.5 Å². The van der Waals surface area contributed by atoms with E-state index in [1.807, 2.05) is 0 Å². The van der Waals surface area contributed by atoms with Gasteiger partial charge in [0.05, 0.1) is 22.1 Å². The van der Waals surface area contributed by atoms with Gasteiger partial charge in [0.25, 0.3) is 0 Å². The molecule has 0 radical (unpaired) electrons. The molecule has 10 rings (SSSR count). The lowest BCUT2D eigenvalue weighted by atomic mass is 9.76. The van der Waals surface area contributed by atoms with E-state index in [-0.39, 0.29) is 5.41 Å². The molecule has 0 aliphatic heterocycles. The van der Waals surface area contributed by atoms with Crippen LogP contribution in [-0.4, -0.2) is 13.7 Å². The molecule has 0 N–H and O–H groups in total. The summed E-state index contributed by atoms with van der Waals surface area (Å²) in [6, 6.07) is 58.8. The molecule has 55 heavy (non-hydrogen) atoms. The molecule has 0 spiro atoms. The Morgan fingerprint density at radius 2 is 0.836 bits per heavy atom. The summed E-state index contributed by atoms with van der Waals surface area (Å²) in [5.41, 5.74) is 12.8. The number of hydrogen-bond donors (Lipinski definition) is 0. The van der Waals surface area contributed by atoms with Crippen LogP contribution in [0.2, 0.25) is 0 Å². The van der Waals surface area contributed by atoms with Gasteiger partial charge in [0.15, 0.2) is 0 Å². The minimum Gasteiger partial charge on any atom is -0.336 e. The van der Waals surface area contributed by atoms with Gasteiger partial charge in [0.1, 0.15) is 0 Å². The molecule has 0 saturated heterocycles. The molecule has 10 aromatic rings. The lowest BCUT2D eigenvalue weighted by molar-refractivity contribution is 0.301. The van der Waals surface area contributed by atoms with Crippen LogP contribution in [0.1, 0.15) is 58.1 Å². The maximum Gasteiger partial charge on any atom is 0.0541 e. The zero-order chi connectivity index (χ0) is 37.4. The summed E-state index contributed by atoms with van der Waals surface area (Å²) in [5, 5.41) is 7.64. The first-order chi connectivity index (χ1) is 26.7. The van der Waals surface area contributed by atoms with Crippen LogP contribution in [0, 0.1) is 11.3 Å². The molecule has 0 aliphatic rings. The zero-order valence-corrected chi connectivity index (χ0v) is 32.4. The Hall–Kier alpha value is -6.06. The quantitative estimate of drug-likeness (QED) is 0.156. The van der Waals surface area contributed by atoms with Crippen LogP contribution in [-0.2, 0) is 6.54 Å². The highest BCUT2D eigenvalue weighted by Crippen LogP contribution is 2.40. The van der Waals surface area contributed by atoms with Gasteiger partial charge in [-0.2, -0.15) is 0 Å². The van der Waals surface area contributed by atoms with Gasteiger partial charge in [-0.1, -0.05) is 132 Å². The molecule has 3 heteroatoms. The molecule has 0 amide bonds. The summed E-state index contributed by atoms with van der Waals surface area (Å²) in [4.78, 5) is 0. The molecule has 3 nitrogen and oxygen atoms in total. The molecule has 1 atom stereocenters. The molecular weight excluding hydrogens is 667 g/mol. The van der Waals surface area contributed by atoms with Crippen molar-refractivity contribution in [3.05, 3.63) is 169 Å². The van der Waals surface area contributed by atoms with Crippen LogP contribution in [0.25, 0.3) is 76.8 Å². The fourth-order valence-corrected chi connectivity index (χ4v) is 9.38. The van der Waals surface area contributed by atoms with Gasteiger partial charge < -0.3 is 13.7 Å². The molecule has 270 valence electrons. The zero-order valence-electron chi connectivity index (χ0n) is 32.4.